The van der Waals surface area contributed by atoms with Crippen molar-refractivity contribution in [2.24, 2.45) is 0 Å². The van der Waals surface area contributed by atoms with Crippen LogP contribution in [0.3, 0.4) is 0 Å². The number of carbonyl (C=O) groups excluding carboxylic acids is 1. The molecule has 0 fully saturated rings. The number of nitrogens with two attached hydrogens (primary N) is 1. The highest BCUT2D eigenvalue weighted by molar-refractivity contribution is 7.74. The van der Waals surface area contributed by atoms with Gasteiger partial charge in [-0.25, -0.2) is 4.79 Å². The number of para-hydroxylation sites is 1. The van der Waals surface area contributed by atoms with E-state index in [0.29, 0.717) is 17.7 Å². The van der Waals surface area contributed by atoms with E-state index < -0.39 is 21.8 Å². The minimum atomic E-state index is -3.85. The smallest absolute Gasteiger partial charge is 0.391 e. The molecule has 0 radical (unpaired) electrons. The fourth-order valence-corrected chi connectivity index (χ4v) is 2.56. The van der Waals surface area contributed by atoms with Crippen LogP contribution in [0.4, 0.5) is 10.5 Å². The quantitative estimate of drug-likeness (QED) is 0.538. The van der Waals surface area contributed by atoms with Crippen molar-refractivity contribution in [3.63, 3.8) is 0 Å². The van der Waals surface area contributed by atoms with Crippen LogP contribution >= 0.6 is 16.1 Å². The van der Waals surface area contributed by atoms with Crippen LogP contribution in [-0.4, -0.2) is 21.7 Å². The van der Waals surface area contributed by atoms with Crippen LogP contribution in [0.25, 0.3) is 0 Å². The summed E-state index contributed by atoms with van der Waals surface area (Å²) in [7, 11) is -5.35. The topological polar surface area (TPSA) is 127 Å². The van der Waals surface area contributed by atoms with E-state index in [1.165, 1.54) is 0 Å². The van der Waals surface area contributed by atoms with Gasteiger partial charge in [0.1, 0.15) is 6.61 Å². The Balaban J connectivity index is 0.00000122. The lowest BCUT2D eigenvalue weighted by atomic mass is 10.2. The van der Waals surface area contributed by atoms with E-state index >= 15 is 0 Å². The molecule has 0 spiro atoms. The summed E-state index contributed by atoms with van der Waals surface area (Å²) >= 11 is 0. The molecule has 9 heteroatoms. The van der Waals surface area contributed by atoms with Crippen molar-refractivity contribution in [3.05, 3.63) is 29.8 Å². The van der Waals surface area contributed by atoms with Crippen LogP contribution in [0.5, 0.6) is 0 Å². The number of nitrogen functional groups attached to an aromatic ring is 1. The number of benzene rings is 1. The maximum Gasteiger partial charge on any atom is 0.391 e. The Morgan fingerprint density at radius 1 is 1.43 bits per heavy atom. The highest BCUT2D eigenvalue weighted by Crippen LogP contribution is 2.43. The Kier molecular flexibility index (Phi) is 10.0. The van der Waals surface area contributed by atoms with Crippen molar-refractivity contribution < 1.29 is 28.4 Å². The van der Waals surface area contributed by atoms with Gasteiger partial charge in [-0.2, -0.15) is 0 Å². The first-order valence-corrected chi connectivity index (χ1v) is 9.12. The molecular formula is C12H21NO6P2. The first-order chi connectivity index (χ1) is 9.88. The second kappa shape index (κ2) is 10.6. The Bertz CT molecular complexity index is 508. The van der Waals surface area contributed by atoms with E-state index in [2.05, 4.69) is 0 Å². The van der Waals surface area contributed by atoms with E-state index in [0.717, 1.165) is 6.42 Å². The van der Waals surface area contributed by atoms with Gasteiger partial charge in [0, 0.05) is 17.4 Å². The molecule has 1 rings (SSSR count). The first kappa shape index (κ1) is 19.9. The molecule has 0 amide bonds. The van der Waals surface area contributed by atoms with E-state index in [1.807, 2.05) is 6.92 Å². The molecule has 120 valence electrons. The predicted octanol–water partition coefficient (Wildman–Crippen LogP) is 2.63. The van der Waals surface area contributed by atoms with Crippen molar-refractivity contribution in [3.8, 4) is 0 Å². The summed E-state index contributed by atoms with van der Waals surface area (Å²) in [6.07, 6.45) is 1.24. The molecule has 2 atom stereocenters. The molecular weight excluding hydrogens is 316 g/mol. The zero-order valence-corrected chi connectivity index (χ0v) is 13.8. The van der Waals surface area contributed by atoms with Crippen molar-refractivity contribution in [1.82, 2.24) is 0 Å². The molecule has 1 aromatic rings. The zero-order valence-electron chi connectivity index (χ0n) is 11.8. The molecule has 2 unspecified atom stereocenters. The lowest BCUT2D eigenvalue weighted by Gasteiger charge is -2.11. The predicted molar refractivity (Wildman–Crippen MR) is 83.3 cm³/mol. The number of carbonyl (C=O) groups is 1. The van der Waals surface area contributed by atoms with Crippen molar-refractivity contribution in [2.75, 3.05) is 11.9 Å². The van der Waals surface area contributed by atoms with E-state index in [4.69, 9.17) is 19.9 Å². The maximum atomic E-state index is 11.6. The number of anilines is 1. The molecule has 4 N–H and O–H groups in total. The van der Waals surface area contributed by atoms with E-state index in [-0.39, 0.29) is 12.8 Å². The van der Waals surface area contributed by atoms with Gasteiger partial charge in [0.15, 0.2) is 8.69 Å². The third-order valence-corrected chi connectivity index (χ3v) is 4.13. The SMILES string of the molecule is CCCCP(=O)(O)C(=O)OCc1ccccc1N.O=[PH2]O. The lowest BCUT2D eigenvalue weighted by molar-refractivity contribution is 0.162. The fourth-order valence-electron chi connectivity index (χ4n) is 1.37. The number of unbranched alkanes of at least 4 members (excludes halogenated alkanes) is 1. The van der Waals surface area contributed by atoms with Crippen LogP contribution in [0.15, 0.2) is 24.3 Å². The third kappa shape index (κ3) is 8.02. The monoisotopic (exact) mass is 337 g/mol. The van der Waals surface area contributed by atoms with Crippen LogP contribution in [-0.2, 0) is 20.5 Å². The second-order valence-corrected chi connectivity index (χ2v) is 6.56. The summed E-state index contributed by atoms with van der Waals surface area (Å²) in [6.45, 7) is 1.80. The maximum absolute atomic E-state index is 11.6. The van der Waals surface area contributed by atoms with Crippen LogP contribution < -0.4 is 5.73 Å². The van der Waals surface area contributed by atoms with Crippen LogP contribution in [0, 0.1) is 0 Å². The standard InChI is InChI=1S/C12H18NO4P.H3O2P/c1-2-3-8-18(15,16)12(14)17-9-10-6-4-5-7-11(10)13;1-3-2/h4-7H,2-3,8-9,13H2,1H3,(H,15,16);3H2,(H,1,2). The van der Waals surface area contributed by atoms with Gasteiger partial charge in [0.05, 0.1) is 0 Å². The highest BCUT2D eigenvalue weighted by atomic mass is 31.2. The van der Waals surface area contributed by atoms with E-state index in [9.17, 15) is 14.3 Å². The van der Waals surface area contributed by atoms with Crippen molar-refractivity contribution >= 4 is 27.5 Å². The molecule has 0 bridgehead atoms. The highest BCUT2D eigenvalue weighted by Gasteiger charge is 2.30. The van der Waals surface area contributed by atoms with Crippen LogP contribution in [0.1, 0.15) is 25.3 Å². The van der Waals surface area contributed by atoms with Gasteiger partial charge in [-0.15, -0.1) is 0 Å². The lowest BCUT2D eigenvalue weighted by Crippen LogP contribution is -2.07. The van der Waals surface area contributed by atoms with Gasteiger partial charge < -0.3 is 20.3 Å². The Morgan fingerprint density at radius 3 is 2.52 bits per heavy atom. The Labute approximate surface area is 124 Å². The molecule has 7 nitrogen and oxygen atoms in total. The number of ether oxygens (including phenoxy) is 1. The van der Waals surface area contributed by atoms with Gasteiger partial charge in [0.2, 0.25) is 0 Å². The van der Waals surface area contributed by atoms with Crippen LogP contribution in [0.2, 0.25) is 0 Å². The Hall–Kier alpha value is -1.13. The summed E-state index contributed by atoms with van der Waals surface area (Å²) in [5, 5.41) is 0. The molecule has 21 heavy (non-hydrogen) atoms. The molecule has 0 saturated carbocycles. The zero-order chi connectivity index (χ0) is 16.3. The van der Waals surface area contributed by atoms with Gasteiger partial charge in [-0.3, -0.25) is 9.13 Å². The number of rotatable bonds is 6. The van der Waals surface area contributed by atoms with Crippen molar-refractivity contribution in [2.45, 2.75) is 26.4 Å². The van der Waals surface area contributed by atoms with Gasteiger partial charge in [-0.1, -0.05) is 31.5 Å². The second-order valence-electron chi connectivity index (χ2n) is 4.14. The molecule has 0 aliphatic rings. The van der Waals surface area contributed by atoms with E-state index in [1.54, 1.807) is 24.3 Å². The number of hydrogen-bond acceptors (Lipinski definition) is 5. The van der Waals surface area contributed by atoms with Gasteiger partial charge in [0.25, 0.3) is 0 Å². The van der Waals surface area contributed by atoms with Gasteiger partial charge >= 0.3 is 13.1 Å². The number of hydrogen-bond donors (Lipinski definition) is 3. The summed E-state index contributed by atoms with van der Waals surface area (Å²) < 4.78 is 25.0. The average molecular weight is 337 g/mol. The average Bonchev–Trinajstić information content (AvgIpc) is 2.45. The minimum Gasteiger partial charge on any atom is -0.454 e. The minimum absolute atomic E-state index is 0.0351. The third-order valence-electron chi connectivity index (χ3n) is 2.51. The largest absolute Gasteiger partial charge is 0.454 e. The summed E-state index contributed by atoms with van der Waals surface area (Å²) in [6, 6.07) is 6.91. The first-order valence-electron chi connectivity index (χ1n) is 6.29. The molecule has 0 saturated heterocycles. The van der Waals surface area contributed by atoms with Gasteiger partial charge in [-0.05, 0) is 12.5 Å². The normalized spacial score (nSPS) is 13.3. The molecule has 0 aromatic heterocycles. The molecule has 1 aromatic carbocycles. The summed E-state index contributed by atoms with van der Waals surface area (Å²) in [5.41, 5.74) is 5.75. The summed E-state index contributed by atoms with van der Waals surface area (Å²) in [5.74, 6) is 0. The molecule has 0 aliphatic heterocycles. The molecule has 0 aliphatic carbocycles. The summed E-state index contributed by atoms with van der Waals surface area (Å²) in [4.78, 5) is 28.1. The Morgan fingerprint density at radius 2 is 2.00 bits per heavy atom. The van der Waals surface area contributed by atoms with Crippen molar-refractivity contribution in [1.29, 1.82) is 0 Å². The fraction of sp³-hybridized carbons (Fsp3) is 0.417. The molecule has 0 heterocycles.